The van der Waals surface area contributed by atoms with Crippen LogP contribution in [0.15, 0.2) is 29.3 Å². The Hall–Kier alpha value is -1.92. The Morgan fingerprint density at radius 3 is 2.40 bits per heavy atom. The van der Waals surface area contributed by atoms with Gasteiger partial charge in [0, 0.05) is 6.04 Å². The van der Waals surface area contributed by atoms with Gasteiger partial charge in [0.1, 0.15) is 5.75 Å². The Labute approximate surface area is 115 Å². The summed E-state index contributed by atoms with van der Waals surface area (Å²) in [4.78, 5) is 6.13. The summed E-state index contributed by atoms with van der Waals surface area (Å²) in [6.07, 6.45) is -4.67. The Bertz CT molecular complexity index is 497. The molecule has 0 aliphatic carbocycles. The number of guanidine groups is 1. The Kier molecular flexibility index (Phi) is 3.78. The van der Waals surface area contributed by atoms with Crippen molar-refractivity contribution in [3.63, 3.8) is 0 Å². The molecule has 20 heavy (non-hydrogen) atoms. The van der Waals surface area contributed by atoms with Gasteiger partial charge in [-0.05, 0) is 31.5 Å². The predicted octanol–water partition coefficient (Wildman–Crippen LogP) is 2.67. The summed E-state index contributed by atoms with van der Waals surface area (Å²) in [7, 11) is 0. The fraction of sp³-hybridized carbons (Fsp3) is 0.462. The van der Waals surface area contributed by atoms with Gasteiger partial charge >= 0.3 is 6.36 Å². The van der Waals surface area contributed by atoms with Gasteiger partial charge in [0.05, 0.1) is 12.6 Å². The lowest BCUT2D eigenvalue weighted by molar-refractivity contribution is -0.274. The first-order valence-electron chi connectivity index (χ1n) is 6.22. The number of alkyl halides is 3. The molecule has 0 saturated carbocycles. The molecule has 1 aromatic rings. The molecule has 4 nitrogen and oxygen atoms in total. The van der Waals surface area contributed by atoms with Crippen LogP contribution in [0.25, 0.3) is 0 Å². The quantitative estimate of drug-likeness (QED) is 0.930. The van der Waals surface area contributed by atoms with Crippen LogP contribution in [0.4, 0.5) is 13.2 Å². The van der Waals surface area contributed by atoms with E-state index in [1.807, 2.05) is 18.7 Å². The molecule has 1 unspecified atom stereocenters. The van der Waals surface area contributed by atoms with Crippen LogP contribution in [0.3, 0.4) is 0 Å². The van der Waals surface area contributed by atoms with E-state index in [9.17, 15) is 13.2 Å². The molecular formula is C13H16F3N3O. The standard InChI is InChI=1S/C13H16F3N3O/c1-8(2)19-11(7-18-12(19)17)9-3-5-10(6-4-9)20-13(14,15)16/h3-6,8,11H,7H2,1-2H3,(H2,17,18). The highest BCUT2D eigenvalue weighted by molar-refractivity contribution is 5.80. The monoisotopic (exact) mass is 287 g/mol. The molecule has 2 N–H and O–H groups in total. The van der Waals surface area contributed by atoms with Gasteiger partial charge in [0.15, 0.2) is 5.96 Å². The third-order valence-electron chi connectivity index (χ3n) is 3.08. The van der Waals surface area contributed by atoms with E-state index in [0.717, 1.165) is 5.56 Å². The lowest BCUT2D eigenvalue weighted by Crippen LogP contribution is -2.40. The van der Waals surface area contributed by atoms with Crippen molar-refractivity contribution in [2.24, 2.45) is 10.7 Å². The summed E-state index contributed by atoms with van der Waals surface area (Å²) in [6.45, 7) is 4.48. The zero-order valence-corrected chi connectivity index (χ0v) is 11.2. The Morgan fingerprint density at radius 2 is 1.90 bits per heavy atom. The molecule has 7 heteroatoms. The van der Waals surface area contributed by atoms with Crippen molar-refractivity contribution in [2.45, 2.75) is 32.3 Å². The molecule has 2 rings (SSSR count). The normalized spacial score (nSPS) is 19.4. The highest BCUT2D eigenvalue weighted by Crippen LogP contribution is 2.30. The van der Waals surface area contributed by atoms with Crippen LogP contribution >= 0.6 is 0 Å². The third kappa shape index (κ3) is 3.15. The fourth-order valence-electron chi connectivity index (χ4n) is 2.29. The van der Waals surface area contributed by atoms with E-state index in [1.54, 1.807) is 12.1 Å². The minimum absolute atomic E-state index is 0.0464. The molecule has 1 aromatic carbocycles. The van der Waals surface area contributed by atoms with Gasteiger partial charge in [-0.2, -0.15) is 0 Å². The number of rotatable bonds is 3. The topological polar surface area (TPSA) is 50.8 Å². The van der Waals surface area contributed by atoms with Crippen molar-refractivity contribution < 1.29 is 17.9 Å². The van der Waals surface area contributed by atoms with Crippen LogP contribution in [0, 0.1) is 0 Å². The molecule has 0 amide bonds. The van der Waals surface area contributed by atoms with Crippen molar-refractivity contribution in [2.75, 3.05) is 6.54 Å². The number of nitrogens with zero attached hydrogens (tertiary/aromatic N) is 2. The summed E-state index contributed by atoms with van der Waals surface area (Å²) in [6, 6.07) is 5.93. The fourth-order valence-corrected chi connectivity index (χ4v) is 2.29. The molecule has 0 saturated heterocycles. The number of benzene rings is 1. The zero-order valence-electron chi connectivity index (χ0n) is 11.2. The molecule has 1 atom stereocenters. The van der Waals surface area contributed by atoms with E-state index in [0.29, 0.717) is 12.5 Å². The van der Waals surface area contributed by atoms with Gasteiger partial charge in [-0.25, -0.2) is 0 Å². The summed E-state index contributed by atoms with van der Waals surface area (Å²) >= 11 is 0. The van der Waals surface area contributed by atoms with Crippen molar-refractivity contribution in [1.82, 2.24) is 4.90 Å². The van der Waals surface area contributed by atoms with Crippen molar-refractivity contribution in [1.29, 1.82) is 0 Å². The first-order chi connectivity index (χ1) is 9.28. The molecular weight excluding hydrogens is 271 g/mol. The molecule has 1 heterocycles. The van der Waals surface area contributed by atoms with Crippen molar-refractivity contribution in [3.8, 4) is 5.75 Å². The lowest BCUT2D eigenvalue weighted by Gasteiger charge is -2.30. The SMILES string of the molecule is CC(C)N1C(N)=NCC1c1ccc(OC(F)(F)F)cc1. The predicted molar refractivity (Wildman–Crippen MR) is 69.3 cm³/mol. The van der Waals surface area contributed by atoms with Crippen molar-refractivity contribution >= 4 is 5.96 Å². The summed E-state index contributed by atoms with van der Waals surface area (Å²) in [5.74, 6) is 0.227. The van der Waals surface area contributed by atoms with Gasteiger partial charge in [-0.15, -0.1) is 13.2 Å². The second-order valence-electron chi connectivity index (χ2n) is 4.83. The second-order valence-corrected chi connectivity index (χ2v) is 4.83. The largest absolute Gasteiger partial charge is 0.573 e. The average Bonchev–Trinajstić information content (AvgIpc) is 2.70. The highest BCUT2D eigenvalue weighted by atomic mass is 19.4. The summed E-state index contributed by atoms with van der Waals surface area (Å²) in [5, 5.41) is 0. The first kappa shape index (κ1) is 14.5. The molecule has 0 aromatic heterocycles. The number of hydrogen-bond donors (Lipinski definition) is 1. The maximum absolute atomic E-state index is 12.1. The molecule has 1 aliphatic heterocycles. The van der Waals surface area contributed by atoms with Gasteiger partial charge in [0.2, 0.25) is 0 Å². The van der Waals surface area contributed by atoms with E-state index in [2.05, 4.69) is 9.73 Å². The molecule has 0 spiro atoms. The van der Waals surface area contributed by atoms with Crippen LogP contribution in [-0.4, -0.2) is 29.8 Å². The molecule has 0 bridgehead atoms. The smallest absolute Gasteiger partial charge is 0.406 e. The van der Waals surface area contributed by atoms with E-state index >= 15 is 0 Å². The Balaban J connectivity index is 2.15. The van der Waals surface area contributed by atoms with E-state index < -0.39 is 6.36 Å². The minimum atomic E-state index is -4.67. The maximum Gasteiger partial charge on any atom is 0.573 e. The number of halogens is 3. The summed E-state index contributed by atoms with van der Waals surface area (Å²) in [5.41, 5.74) is 6.68. The first-order valence-corrected chi connectivity index (χ1v) is 6.22. The highest BCUT2D eigenvalue weighted by Gasteiger charge is 2.32. The van der Waals surface area contributed by atoms with Crippen LogP contribution in [0.1, 0.15) is 25.5 Å². The average molecular weight is 287 g/mol. The third-order valence-corrected chi connectivity index (χ3v) is 3.08. The van der Waals surface area contributed by atoms with E-state index in [4.69, 9.17) is 5.73 Å². The van der Waals surface area contributed by atoms with Crippen molar-refractivity contribution in [3.05, 3.63) is 29.8 Å². The number of nitrogens with two attached hydrogens (primary N) is 1. The zero-order chi connectivity index (χ0) is 14.9. The van der Waals surface area contributed by atoms with Gasteiger partial charge in [-0.1, -0.05) is 12.1 Å². The van der Waals surface area contributed by atoms with E-state index in [1.165, 1.54) is 12.1 Å². The molecule has 1 aliphatic rings. The maximum atomic E-state index is 12.1. The lowest BCUT2D eigenvalue weighted by atomic mass is 10.1. The number of ether oxygens (including phenoxy) is 1. The van der Waals surface area contributed by atoms with Gasteiger partial charge < -0.3 is 15.4 Å². The number of aliphatic imine (C=N–C) groups is 1. The Morgan fingerprint density at radius 1 is 1.30 bits per heavy atom. The van der Waals surface area contributed by atoms with Crippen LogP contribution in [0.2, 0.25) is 0 Å². The summed E-state index contributed by atoms with van der Waals surface area (Å²) < 4.78 is 40.1. The number of hydrogen-bond acceptors (Lipinski definition) is 4. The minimum Gasteiger partial charge on any atom is -0.406 e. The van der Waals surface area contributed by atoms with E-state index in [-0.39, 0.29) is 17.8 Å². The van der Waals surface area contributed by atoms with Gasteiger partial charge in [-0.3, -0.25) is 4.99 Å². The molecule has 0 radical (unpaired) electrons. The van der Waals surface area contributed by atoms with Crippen LogP contribution in [-0.2, 0) is 0 Å². The second kappa shape index (κ2) is 5.22. The molecule has 0 fully saturated rings. The van der Waals surface area contributed by atoms with Crippen LogP contribution in [0.5, 0.6) is 5.75 Å². The van der Waals surface area contributed by atoms with Crippen LogP contribution < -0.4 is 10.5 Å². The molecule has 110 valence electrons. The van der Waals surface area contributed by atoms with Gasteiger partial charge in [0.25, 0.3) is 0 Å².